The second kappa shape index (κ2) is 3.96. The van der Waals surface area contributed by atoms with Crippen LogP contribution in [0.4, 0.5) is 0 Å². The van der Waals surface area contributed by atoms with Crippen molar-refractivity contribution in [1.82, 2.24) is 4.98 Å². The van der Waals surface area contributed by atoms with Gasteiger partial charge in [-0.15, -0.1) is 0 Å². The van der Waals surface area contributed by atoms with Gasteiger partial charge in [0.15, 0.2) is 16.5 Å². The molecule has 0 aliphatic rings. The number of H-pyrrole nitrogens is 1. The van der Waals surface area contributed by atoms with Crippen LogP contribution in [0.15, 0.2) is 35.3 Å². The van der Waals surface area contributed by atoms with Crippen molar-refractivity contribution in [3.63, 3.8) is 0 Å². The van der Waals surface area contributed by atoms with E-state index in [-0.39, 0.29) is 11.2 Å². The van der Waals surface area contributed by atoms with Gasteiger partial charge in [0.1, 0.15) is 0 Å². The van der Waals surface area contributed by atoms with Gasteiger partial charge in [-0.25, -0.2) is 4.21 Å². The number of aromatic nitrogens is 1. The van der Waals surface area contributed by atoms with Crippen LogP contribution in [-0.4, -0.2) is 13.7 Å². The molecule has 78 valence electrons. The normalized spacial score (nSPS) is 12.9. The first-order valence-corrected chi connectivity index (χ1v) is 5.62. The summed E-state index contributed by atoms with van der Waals surface area (Å²) in [5.74, 6) is 0.0459. The Kier molecular flexibility index (Phi) is 2.66. The molecule has 0 saturated carbocycles. The van der Waals surface area contributed by atoms with Gasteiger partial charge in [0.25, 0.3) is 0 Å². The lowest BCUT2D eigenvalue weighted by molar-refractivity contribution is 0.563. The zero-order valence-corrected chi connectivity index (χ0v) is 8.58. The quantitative estimate of drug-likeness (QED) is 0.753. The first kappa shape index (κ1) is 10.1. The number of nitrogens with one attached hydrogen (secondary N) is 1. The molecule has 1 aromatic carbocycles. The van der Waals surface area contributed by atoms with Gasteiger partial charge in [0.2, 0.25) is 0 Å². The molecule has 2 N–H and O–H groups in total. The molecule has 0 amide bonds. The first-order chi connectivity index (χ1) is 7.16. The van der Waals surface area contributed by atoms with E-state index in [2.05, 4.69) is 4.98 Å². The number of aromatic amines is 1. The van der Waals surface area contributed by atoms with Crippen molar-refractivity contribution in [3.8, 4) is 0 Å². The van der Waals surface area contributed by atoms with Crippen LogP contribution in [0.3, 0.4) is 0 Å². The van der Waals surface area contributed by atoms with E-state index < -0.39 is 11.1 Å². The minimum atomic E-state index is -1.88. The maximum absolute atomic E-state index is 11.5. The molecule has 0 radical (unpaired) electrons. The topological polar surface area (TPSA) is 70.2 Å². The van der Waals surface area contributed by atoms with E-state index in [0.29, 0.717) is 10.9 Å². The lowest BCUT2D eigenvalue weighted by Gasteiger charge is -2.00. The summed E-state index contributed by atoms with van der Waals surface area (Å²) >= 11 is -1.88. The number of benzene rings is 1. The van der Waals surface area contributed by atoms with Gasteiger partial charge in [-0.05, 0) is 17.7 Å². The Balaban J connectivity index is 2.59. The second-order valence-corrected chi connectivity index (χ2v) is 4.12. The Bertz CT molecular complexity index is 576. The van der Waals surface area contributed by atoms with Gasteiger partial charge in [0, 0.05) is 23.2 Å². The minimum absolute atomic E-state index is 0.0459. The average molecular weight is 223 g/mol. The van der Waals surface area contributed by atoms with Gasteiger partial charge >= 0.3 is 0 Å². The summed E-state index contributed by atoms with van der Waals surface area (Å²) in [5.41, 5.74) is 1.32. The Labute approximate surface area is 88.2 Å². The van der Waals surface area contributed by atoms with E-state index in [1.165, 1.54) is 6.07 Å². The lowest BCUT2D eigenvalue weighted by Crippen LogP contribution is -2.01. The van der Waals surface area contributed by atoms with Gasteiger partial charge in [-0.3, -0.25) is 4.79 Å². The molecule has 15 heavy (non-hydrogen) atoms. The average Bonchev–Trinajstić information content (AvgIpc) is 2.18. The van der Waals surface area contributed by atoms with Crippen LogP contribution in [0, 0.1) is 0 Å². The minimum Gasteiger partial charge on any atom is -0.361 e. The molecular formula is C10H9NO3S. The van der Waals surface area contributed by atoms with Gasteiger partial charge < -0.3 is 9.54 Å². The largest absolute Gasteiger partial charge is 0.361 e. The number of rotatable bonds is 2. The highest BCUT2D eigenvalue weighted by Crippen LogP contribution is 2.11. The highest BCUT2D eigenvalue weighted by molar-refractivity contribution is 7.78. The Morgan fingerprint density at radius 3 is 2.87 bits per heavy atom. The van der Waals surface area contributed by atoms with Crippen LogP contribution in [0.5, 0.6) is 0 Å². The zero-order valence-electron chi connectivity index (χ0n) is 7.77. The van der Waals surface area contributed by atoms with Crippen molar-refractivity contribution in [1.29, 1.82) is 0 Å². The van der Waals surface area contributed by atoms with Crippen molar-refractivity contribution >= 4 is 22.0 Å². The SMILES string of the molecule is O=c1cc[nH]c2ccc(CS(=O)O)cc12. The summed E-state index contributed by atoms with van der Waals surface area (Å²) in [6, 6.07) is 6.54. The zero-order chi connectivity index (χ0) is 10.8. The van der Waals surface area contributed by atoms with E-state index in [4.69, 9.17) is 4.55 Å². The molecule has 0 aliphatic carbocycles. The molecule has 1 aromatic heterocycles. The molecule has 1 atom stereocenters. The molecule has 2 rings (SSSR count). The molecule has 5 heteroatoms. The summed E-state index contributed by atoms with van der Waals surface area (Å²) in [7, 11) is 0. The summed E-state index contributed by atoms with van der Waals surface area (Å²) in [6.07, 6.45) is 1.58. The smallest absolute Gasteiger partial charge is 0.189 e. The molecule has 4 nitrogen and oxygen atoms in total. The van der Waals surface area contributed by atoms with Gasteiger partial charge in [0.05, 0.1) is 5.75 Å². The molecule has 0 saturated heterocycles. The van der Waals surface area contributed by atoms with Gasteiger partial charge in [-0.1, -0.05) is 6.07 Å². The van der Waals surface area contributed by atoms with Gasteiger partial charge in [-0.2, -0.15) is 0 Å². The van der Waals surface area contributed by atoms with E-state index >= 15 is 0 Å². The fourth-order valence-corrected chi connectivity index (χ4v) is 1.92. The molecule has 0 aliphatic heterocycles. The highest BCUT2D eigenvalue weighted by Gasteiger charge is 2.02. The predicted molar refractivity (Wildman–Crippen MR) is 59.0 cm³/mol. The Morgan fingerprint density at radius 2 is 2.13 bits per heavy atom. The number of pyridine rings is 1. The number of hydrogen-bond donors (Lipinski definition) is 2. The van der Waals surface area contributed by atoms with E-state index in [1.54, 1.807) is 24.4 Å². The number of hydrogen-bond acceptors (Lipinski definition) is 2. The monoisotopic (exact) mass is 223 g/mol. The third kappa shape index (κ3) is 2.14. The Hall–Kier alpha value is -1.46. The summed E-state index contributed by atoms with van der Waals surface area (Å²) in [4.78, 5) is 14.4. The Morgan fingerprint density at radius 1 is 1.33 bits per heavy atom. The predicted octanol–water partition coefficient (Wildman–Crippen LogP) is 1.25. The highest BCUT2D eigenvalue weighted by atomic mass is 32.2. The fraction of sp³-hybridized carbons (Fsp3) is 0.100. The van der Waals surface area contributed by atoms with Crippen LogP contribution < -0.4 is 5.43 Å². The maximum atomic E-state index is 11.5. The van der Waals surface area contributed by atoms with Crippen LogP contribution in [0.25, 0.3) is 10.9 Å². The lowest BCUT2D eigenvalue weighted by atomic mass is 10.1. The van der Waals surface area contributed by atoms with Crippen molar-refractivity contribution in [2.45, 2.75) is 5.75 Å². The standard InChI is InChI=1S/C10H9NO3S/c12-10-3-4-11-9-2-1-7(5-8(9)10)6-15(13)14/h1-5H,6H2,(H,11,12)(H,13,14). The maximum Gasteiger partial charge on any atom is 0.189 e. The molecular weight excluding hydrogens is 214 g/mol. The molecule has 1 unspecified atom stereocenters. The van der Waals surface area contributed by atoms with Crippen LogP contribution in [-0.2, 0) is 16.8 Å². The summed E-state index contributed by atoms with van der Waals surface area (Å²) < 4.78 is 19.3. The van der Waals surface area contributed by atoms with Crippen molar-refractivity contribution < 1.29 is 8.76 Å². The van der Waals surface area contributed by atoms with Crippen LogP contribution in [0.2, 0.25) is 0 Å². The van der Waals surface area contributed by atoms with Crippen molar-refractivity contribution in [2.75, 3.05) is 0 Å². The molecule has 0 fully saturated rings. The third-order valence-electron chi connectivity index (χ3n) is 2.11. The van der Waals surface area contributed by atoms with E-state index in [0.717, 1.165) is 5.52 Å². The van der Waals surface area contributed by atoms with Crippen LogP contribution in [0.1, 0.15) is 5.56 Å². The first-order valence-electron chi connectivity index (χ1n) is 4.34. The molecule has 2 aromatic rings. The molecule has 0 bridgehead atoms. The summed E-state index contributed by atoms with van der Waals surface area (Å²) in [5, 5.41) is 0.542. The third-order valence-corrected chi connectivity index (χ3v) is 2.69. The van der Waals surface area contributed by atoms with Crippen molar-refractivity contribution in [2.24, 2.45) is 0 Å². The molecule has 1 heterocycles. The molecule has 0 spiro atoms. The van der Waals surface area contributed by atoms with E-state index in [1.807, 2.05) is 0 Å². The fourth-order valence-electron chi connectivity index (χ4n) is 1.45. The van der Waals surface area contributed by atoms with E-state index in [9.17, 15) is 9.00 Å². The summed E-state index contributed by atoms with van der Waals surface area (Å²) in [6.45, 7) is 0. The second-order valence-electron chi connectivity index (χ2n) is 3.19. The van der Waals surface area contributed by atoms with Crippen LogP contribution >= 0.6 is 0 Å². The number of fused-ring (bicyclic) bond motifs is 1. The van der Waals surface area contributed by atoms with Crippen molar-refractivity contribution in [3.05, 3.63) is 46.2 Å².